The maximum atomic E-state index is 12.3. The summed E-state index contributed by atoms with van der Waals surface area (Å²) < 4.78 is 32.1. The summed E-state index contributed by atoms with van der Waals surface area (Å²) in [6, 6.07) is 3.34. The molecule has 0 amide bonds. The van der Waals surface area contributed by atoms with Crippen LogP contribution in [0.15, 0.2) is 23.1 Å². The predicted octanol–water partition coefficient (Wildman–Crippen LogP) is 1.34. The molecular formula is C12H19N3O5S. The summed E-state index contributed by atoms with van der Waals surface area (Å²) in [4.78, 5) is 9.90. The van der Waals surface area contributed by atoms with E-state index in [4.69, 9.17) is 4.74 Å². The number of hydrogen-bond donors (Lipinski definition) is 2. The van der Waals surface area contributed by atoms with Gasteiger partial charge in [0.05, 0.1) is 11.5 Å². The minimum absolute atomic E-state index is 0.190. The van der Waals surface area contributed by atoms with E-state index >= 15 is 0 Å². The summed E-state index contributed by atoms with van der Waals surface area (Å²) in [5.41, 5.74) is 0.00328. The molecule has 0 spiro atoms. The Kier molecular flexibility index (Phi) is 6.06. The van der Waals surface area contributed by atoms with Crippen molar-refractivity contribution in [3.63, 3.8) is 0 Å². The van der Waals surface area contributed by atoms with Gasteiger partial charge in [-0.2, -0.15) is 0 Å². The third-order valence-corrected chi connectivity index (χ3v) is 4.28. The largest absolute Gasteiger partial charge is 0.388 e. The first-order valence-electron chi connectivity index (χ1n) is 6.38. The minimum Gasteiger partial charge on any atom is -0.388 e. The molecule has 8 nitrogen and oxygen atoms in total. The topological polar surface area (TPSA) is 111 Å². The lowest BCUT2D eigenvalue weighted by Gasteiger charge is -2.14. The maximum Gasteiger partial charge on any atom is 0.289 e. The van der Waals surface area contributed by atoms with Gasteiger partial charge in [0.2, 0.25) is 10.0 Å². The van der Waals surface area contributed by atoms with Gasteiger partial charge in [-0.15, -0.1) is 0 Å². The first-order chi connectivity index (χ1) is 9.81. The van der Waals surface area contributed by atoms with E-state index in [0.29, 0.717) is 12.3 Å². The summed E-state index contributed by atoms with van der Waals surface area (Å²) in [6.07, 6.45) is 0. The molecule has 0 radical (unpaired) electrons. The quantitative estimate of drug-likeness (QED) is 0.553. The van der Waals surface area contributed by atoms with E-state index < -0.39 is 26.7 Å². The third kappa shape index (κ3) is 4.66. The molecule has 118 valence electrons. The zero-order chi connectivity index (χ0) is 16.0. The van der Waals surface area contributed by atoms with Gasteiger partial charge in [-0.05, 0) is 26.0 Å². The molecule has 2 N–H and O–H groups in total. The SMILES string of the molecule is CCOCC(C)NS(=O)(=O)c1cc(NC)ccc1[N+](=O)[O-]. The van der Waals surface area contributed by atoms with Crippen molar-refractivity contribution >= 4 is 21.4 Å². The number of anilines is 1. The lowest BCUT2D eigenvalue weighted by atomic mass is 10.3. The fourth-order valence-corrected chi connectivity index (χ4v) is 3.12. The Morgan fingerprint density at radius 2 is 2.10 bits per heavy atom. The molecule has 1 rings (SSSR count). The summed E-state index contributed by atoms with van der Waals surface area (Å²) in [6.45, 7) is 4.07. The molecule has 1 atom stereocenters. The van der Waals surface area contributed by atoms with Crippen LogP contribution in [-0.2, 0) is 14.8 Å². The maximum absolute atomic E-state index is 12.3. The fourth-order valence-electron chi connectivity index (χ4n) is 1.69. The van der Waals surface area contributed by atoms with Crippen LogP contribution in [-0.4, -0.2) is 39.6 Å². The van der Waals surface area contributed by atoms with E-state index in [-0.39, 0.29) is 11.5 Å². The van der Waals surface area contributed by atoms with E-state index in [0.717, 1.165) is 6.07 Å². The van der Waals surface area contributed by atoms with Crippen LogP contribution in [0.25, 0.3) is 0 Å². The van der Waals surface area contributed by atoms with Crippen molar-refractivity contribution in [1.29, 1.82) is 0 Å². The summed E-state index contributed by atoms with van der Waals surface area (Å²) in [7, 11) is -2.41. The van der Waals surface area contributed by atoms with Crippen molar-refractivity contribution in [3.8, 4) is 0 Å². The summed E-state index contributed by atoms with van der Waals surface area (Å²) in [5, 5.41) is 13.7. The van der Waals surface area contributed by atoms with Gasteiger partial charge in [0.15, 0.2) is 4.90 Å². The Morgan fingerprint density at radius 1 is 1.43 bits per heavy atom. The van der Waals surface area contributed by atoms with Gasteiger partial charge in [-0.1, -0.05) is 0 Å². The van der Waals surface area contributed by atoms with E-state index in [2.05, 4.69) is 10.0 Å². The zero-order valence-corrected chi connectivity index (χ0v) is 12.9. The van der Waals surface area contributed by atoms with Crippen LogP contribution in [0.5, 0.6) is 0 Å². The van der Waals surface area contributed by atoms with E-state index in [1.54, 1.807) is 20.9 Å². The lowest BCUT2D eigenvalue weighted by Crippen LogP contribution is -2.36. The number of hydrogen-bond acceptors (Lipinski definition) is 6. The minimum atomic E-state index is -4.01. The number of nitrogens with one attached hydrogen (secondary N) is 2. The molecule has 1 aromatic carbocycles. The molecule has 0 saturated carbocycles. The molecule has 1 unspecified atom stereocenters. The highest BCUT2D eigenvalue weighted by Crippen LogP contribution is 2.27. The second-order valence-electron chi connectivity index (χ2n) is 4.37. The van der Waals surface area contributed by atoms with E-state index in [1.165, 1.54) is 12.1 Å². The fraction of sp³-hybridized carbons (Fsp3) is 0.500. The molecule has 0 aliphatic carbocycles. The van der Waals surface area contributed by atoms with Crippen LogP contribution in [0.4, 0.5) is 11.4 Å². The number of rotatable bonds is 8. The highest BCUT2D eigenvalue weighted by Gasteiger charge is 2.27. The number of nitro groups is 1. The molecule has 1 aromatic rings. The molecular weight excluding hydrogens is 298 g/mol. The number of ether oxygens (including phenoxy) is 1. The van der Waals surface area contributed by atoms with Gasteiger partial charge in [-0.3, -0.25) is 10.1 Å². The second-order valence-corrected chi connectivity index (χ2v) is 6.05. The van der Waals surface area contributed by atoms with Crippen LogP contribution in [0.2, 0.25) is 0 Å². The Hall–Kier alpha value is -1.71. The average Bonchev–Trinajstić information content (AvgIpc) is 2.43. The molecule has 0 bridgehead atoms. The van der Waals surface area contributed by atoms with Gasteiger partial charge in [0.1, 0.15) is 0 Å². The number of nitrogens with zero attached hydrogens (tertiary/aromatic N) is 1. The Bertz CT molecular complexity index is 603. The smallest absolute Gasteiger partial charge is 0.289 e. The number of sulfonamides is 1. The van der Waals surface area contributed by atoms with Gasteiger partial charge in [-0.25, -0.2) is 13.1 Å². The van der Waals surface area contributed by atoms with Crippen molar-refractivity contribution in [1.82, 2.24) is 4.72 Å². The molecule has 0 aromatic heterocycles. The van der Waals surface area contributed by atoms with E-state index in [1.807, 2.05) is 0 Å². The lowest BCUT2D eigenvalue weighted by molar-refractivity contribution is -0.387. The van der Waals surface area contributed by atoms with Crippen LogP contribution in [0.3, 0.4) is 0 Å². The van der Waals surface area contributed by atoms with Crippen LogP contribution >= 0.6 is 0 Å². The Balaban J connectivity index is 3.14. The van der Waals surface area contributed by atoms with Crippen LogP contribution in [0, 0.1) is 10.1 Å². The first-order valence-corrected chi connectivity index (χ1v) is 7.86. The highest BCUT2D eigenvalue weighted by molar-refractivity contribution is 7.89. The molecule has 0 fully saturated rings. The molecule has 9 heteroatoms. The Morgan fingerprint density at radius 3 is 2.62 bits per heavy atom. The molecule has 0 heterocycles. The van der Waals surface area contributed by atoms with Crippen molar-refractivity contribution in [2.45, 2.75) is 24.8 Å². The first kappa shape index (κ1) is 17.3. The van der Waals surface area contributed by atoms with Gasteiger partial charge < -0.3 is 10.1 Å². The second kappa shape index (κ2) is 7.34. The van der Waals surface area contributed by atoms with Crippen molar-refractivity contribution in [2.75, 3.05) is 25.6 Å². The monoisotopic (exact) mass is 317 g/mol. The van der Waals surface area contributed by atoms with Crippen molar-refractivity contribution < 1.29 is 18.1 Å². The molecule has 21 heavy (non-hydrogen) atoms. The molecule has 0 aliphatic heterocycles. The zero-order valence-electron chi connectivity index (χ0n) is 12.1. The molecule has 0 saturated heterocycles. The van der Waals surface area contributed by atoms with Crippen LogP contribution in [0.1, 0.15) is 13.8 Å². The third-order valence-electron chi connectivity index (χ3n) is 2.66. The molecule has 0 aliphatic rings. The highest BCUT2D eigenvalue weighted by atomic mass is 32.2. The van der Waals surface area contributed by atoms with Crippen LogP contribution < -0.4 is 10.0 Å². The van der Waals surface area contributed by atoms with Gasteiger partial charge >= 0.3 is 0 Å². The summed E-state index contributed by atoms with van der Waals surface area (Å²) in [5.74, 6) is 0. The van der Waals surface area contributed by atoms with Gasteiger partial charge in [0, 0.05) is 31.5 Å². The van der Waals surface area contributed by atoms with E-state index in [9.17, 15) is 18.5 Å². The number of benzene rings is 1. The van der Waals surface area contributed by atoms with Crippen molar-refractivity contribution in [3.05, 3.63) is 28.3 Å². The normalized spacial score (nSPS) is 12.9. The number of nitro benzene ring substituents is 1. The average molecular weight is 317 g/mol. The Labute approximate surface area is 123 Å². The van der Waals surface area contributed by atoms with Gasteiger partial charge in [0.25, 0.3) is 5.69 Å². The standard InChI is InChI=1S/C12H19N3O5S/c1-4-20-8-9(2)14-21(18,19)12-7-10(13-3)5-6-11(12)15(16)17/h5-7,9,13-14H,4,8H2,1-3H3. The summed E-state index contributed by atoms with van der Waals surface area (Å²) >= 11 is 0. The predicted molar refractivity (Wildman–Crippen MR) is 78.9 cm³/mol. The van der Waals surface area contributed by atoms with Crippen molar-refractivity contribution in [2.24, 2.45) is 0 Å².